The number of imidazole rings is 1. The minimum absolute atomic E-state index is 0.0186. The van der Waals surface area contributed by atoms with Gasteiger partial charge in [0.05, 0.1) is 6.33 Å². The summed E-state index contributed by atoms with van der Waals surface area (Å²) in [4.78, 5) is 13.8. The Morgan fingerprint density at radius 2 is 1.95 bits per heavy atom. The van der Waals surface area contributed by atoms with Crippen LogP contribution >= 0.6 is 0 Å². The number of hydrogen-bond donors (Lipinski definition) is 2. The molecule has 110 valence electrons. The predicted octanol–water partition coefficient (Wildman–Crippen LogP) is 1.97. The van der Waals surface area contributed by atoms with E-state index in [-0.39, 0.29) is 17.1 Å². The van der Waals surface area contributed by atoms with Crippen LogP contribution in [0.15, 0.2) is 6.33 Å². The smallest absolute Gasteiger partial charge is 0.456 e. The quantitative estimate of drug-likeness (QED) is 0.844. The summed E-state index contributed by atoms with van der Waals surface area (Å²) in [5, 5.41) is 2.51. The first-order valence-corrected chi connectivity index (χ1v) is 5.21. The Balaban J connectivity index is 2.27. The van der Waals surface area contributed by atoms with Crippen LogP contribution in [0.2, 0.25) is 0 Å². The maximum Gasteiger partial charge on any atom is 0.456 e. The van der Waals surface area contributed by atoms with E-state index in [2.05, 4.69) is 30.0 Å². The van der Waals surface area contributed by atoms with Gasteiger partial charge < -0.3 is 15.0 Å². The first-order chi connectivity index (χ1) is 9.24. The van der Waals surface area contributed by atoms with Crippen molar-refractivity contribution in [3.05, 3.63) is 6.33 Å². The number of anilines is 1. The van der Waals surface area contributed by atoms with Gasteiger partial charge in [0.1, 0.15) is 5.52 Å². The number of aromatic amines is 1. The monoisotopic (exact) mass is 297 g/mol. The number of fused-ring (bicyclic) bond motifs is 1. The van der Waals surface area contributed by atoms with Crippen molar-refractivity contribution in [3.63, 3.8) is 0 Å². The Labute approximate surface area is 108 Å². The molecular formula is C9H8F5N5O. The molecule has 2 heterocycles. The molecule has 2 rings (SSSR count). The van der Waals surface area contributed by atoms with E-state index in [9.17, 15) is 22.0 Å². The van der Waals surface area contributed by atoms with Crippen molar-refractivity contribution in [2.45, 2.75) is 12.1 Å². The number of hydrogen-bond acceptors (Lipinski definition) is 5. The number of ether oxygens (including phenoxy) is 1. The first kappa shape index (κ1) is 14.2. The van der Waals surface area contributed by atoms with Crippen LogP contribution in [0.3, 0.4) is 0 Å². The molecule has 0 fully saturated rings. The van der Waals surface area contributed by atoms with E-state index >= 15 is 0 Å². The van der Waals surface area contributed by atoms with Crippen LogP contribution in [0, 0.1) is 0 Å². The van der Waals surface area contributed by atoms with Gasteiger partial charge in [0.25, 0.3) is 0 Å². The average Bonchev–Trinajstić information content (AvgIpc) is 2.82. The van der Waals surface area contributed by atoms with E-state index in [1.165, 1.54) is 13.4 Å². The second-order valence-corrected chi connectivity index (χ2v) is 3.69. The fourth-order valence-electron chi connectivity index (χ4n) is 1.26. The third-order valence-electron chi connectivity index (χ3n) is 2.28. The van der Waals surface area contributed by atoms with E-state index in [4.69, 9.17) is 0 Å². The van der Waals surface area contributed by atoms with Crippen molar-refractivity contribution in [2.75, 3.05) is 19.0 Å². The number of H-pyrrole nitrogens is 1. The molecule has 0 aromatic carbocycles. The van der Waals surface area contributed by atoms with Crippen LogP contribution in [-0.4, -0.2) is 45.7 Å². The Bertz CT molecular complexity index is 610. The van der Waals surface area contributed by atoms with Crippen molar-refractivity contribution in [3.8, 4) is 5.88 Å². The highest BCUT2D eigenvalue weighted by Crippen LogP contribution is 2.36. The molecule has 2 aromatic rings. The zero-order chi connectivity index (χ0) is 15.0. The van der Waals surface area contributed by atoms with Crippen molar-refractivity contribution >= 4 is 17.1 Å². The van der Waals surface area contributed by atoms with Gasteiger partial charge in [-0.25, -0.2) is 4.98 Å². The Morgan fingerprint density at radius 1 is 1.25 bits per heavy atom. The van der Waals surface area contributed by atoms with Crippen LogP contribution in [0.4, 0.5) is 27.9 Å². The van der Waals surface area contributed by atoms with Crippen molar-refractivity contribution in [1.29, 1.82) is 0 Å². The lowest BCUT2D eigenvalue weighted by molar-refractivity contribution is -0.290. The van der Waals surface area contributed by atoms with Crippen molar-refractivity contribution in [2.24, 2.45) is 0 Å². The number of nitrogens with zero attached hydrogens (tertiary/aromatic N) is 3. The summed E-state index contributed by atoms with van der Waals surface area (Å²) in [7, 11) is 1.45. The highest BCUT2D eigenvalue weighted by Gasteiger charge is 2.58. The standard InChI is InChI=1S/C9H8F5N5O/c1-15-7-18-5-4(16-3-17-5)6(19-7)20-2-8(10,11)9(12,13)14/h3H,2H2,1H3,(H2,15,16,17,18,19). The van der Waals surface area contributed by atoms with Gasteiger partial charge in [0.15, 0.2) is 12.3 Å². The lowest BCUT2D eigenvalue weighted by Crippen LogP contribution is -2.41. The van der Waals surface area contributed by atoms with Gasteiger partial charge in [-0.05, 0) is 0 Å². The molecular weight excluding hydrogens is 289 g/mol. The summed E-state index contributed by atoms with van der Waals surface area (Å²) in [5.74, 6) is -5.44. The zero-order valence-electron chi connectivity index (χ0n) is 9.92. The molecule has 0 unspecified atom stereocenters. The molecule has 11 heteroatoms. The van der Waals surface area contributed by atoms with E-state index in [0.29, 0.717) is 0 Å². The molecule has 20 heavy (non-hydrogen) atoms. The molecule has 0 saturated heterocycles. The van der Waals surface area contributed by atoms with Crippen LogP contribution in [0.25, 0.3) is 11.2 Å². The van der Waals surface area contributed by atoms with E-state index in [0.717, 1.165) is 0 Å². The van der Waals surface area contributed by atoms with Crippen LogP contribution < -0.4 is 10.1 Å². The highest BCUT2D eigenvalue weighted by molar-refractivity contribution is 5.76. The van der Waals surface area contributed by atoms with Gasteiger partial charge in [-0.3, -0.25) is 0 Å². The lowest BCUT2D eigenvalue weighted by atomic mass is 10.3. The molecule has 6 nitrogen and oxygen atoms in total. The first-order valence-electron chi connectivity index (χ1n) is 5.21. The number of alkyl halides is 5. The Morgan fingerprint density at radius 3 is 2.55 bits per heavy atom. The fourth-order valence-corrected chi connectivity index (χ4v) is 1.26. The van der Waals surface area contributed by atoms with Crippen LogP contribution in [0.1, 0.15) is 0 Å². The fraction of sp³-hybridized carbons (Fsp3) is 0.444. The molecule has 0 amide bonds. The highest BCUT2D eigenvalue weighted by atomic mass is 19.4. The molecule has 0 aliphatic heterocycles. The van der Waals surface area contributed by atoms with E-state index in [1.807, 2.05) is 0 Å². The van der Waals surface area contributed by atoms with Crippen LogP contribution in [0.5, 0.6) is 5.88 Å². The number of halogens is 5. The molecule has 0 bridgehead atoms. The molecule has 0 atom stereocenters. The van der Waals surface area contributed by atoms with Gasteiger partial charge in [-0.1, -0.05) is 0 Å². The summed E-state index contributed by atoms with van der Waals surface area (Å²) in [6.45, 7) is -1.88. The van der Waals surface area contributed by atoms with Gasteiger partial charge in [0, 0.05) is 7.05 Å². The lowest BCUT2D eigenvalue weighted by Gasteiger charge is -2.19. The third kappa shape index (κ3) is 2.56. The number of rotatable bonds is 4. The maximum atomic E-state index is 12.8. The topological polar surface area (TPSA) is 75.7 Å². The van der Waals surface area contributed by atoms with Crippen molar-refractivity contribution in [1.82, 2.24) is 19.9 Å². The minimum Gasteiger partial charge on any atom is -0.469 e. The molecule has 2 N–H and O–H groups in total. The van der Waals surface area contributed by atoms with E-state index < -0.39 is 24.6 Å². The normalized spacial score (nSPS) is 12.7. The Hall–Kier alpha value is -2.20. The van der Waals surface area contributed by atoms with E-state index in [1.54, 1.807) is 0 Å². The largest absolute Gasteiger partial charge is 0.469 e. The van der Waals surface area contributed by atoms with Crippen molar-refractivity contribution < 1.29 is 26.7 Å². The second-order valence-electron chi connectivity index (χ2n) is 3.69. The second kappa shape index (κ2) is 4.72. The molecule has 0 radical (unpaired) electrons. The molecule has 0 spiro atoms. The van der Waals surface area contributed by atoms with Gasteiger partial charge in [-0.2, -0.15) is 31.9 Å². The van der Waals surface area contributed by atoms with Gasteiger partial charge in [0.2, 0.25) is 11.8 Å². The molecule has 2 aromatic heterocycles. The summed E-state index contributed by atoms with van der Waals surface area (Å²) < 4.78 is 66.2. The minimum atomic E-state index is -5.70. The Kier molecular flexibility index (Phi) is 3.36. The molecule has 0 saturated carbocycles. The third-order valence-corrected chi connectivity index (χ3v) is 2.28. The summed E-state index contributed by atoms with van der Waals surface area (Å²) in [6, 6.07) is 0. The molecule has 0 aliphatic rings. The summed E-state index contributed by atoms with van der Waals surface area (Å²) in [5.41, 5.74) is 0.108. The molecule has 0 aliphatic carbocycles. The summed E-state index contributed by atoms with van der Waals surface area (Å²) in [6.07, 6.45) is -4.51. The maximum absolute atomic E-state index is 12.8. The van der Waals surface area contributed by atoms with Gasteiger partial charge in [-0.15, -0.1) is 0 Å². The average molecular weight is 297 g/mol. The summed E-state index contributed by atoms with van der Waals surface area (Å²) >= 11 is 0. The number of aromatic nitrogens is 4. The SMILES string of the molecule is CNc1nc(OCC(F)(F)C(F)(F)F)c2[nH]cnc2n1. The predicted molar refractivity (Wildman–Crippen MR) is 57.7 cm³/mol. The number of nitrogens with one attached hydrogen (secondary N) is 2. The van der Waals surface area contributed by atoms with Crippen LogP contribution in [-0.2, 0) is 0 Å². The zero-order valence-corrected chi connectivity index (χ0v) is 9.92. The van der Waals surface area contributed by atoms with Gasteiger partial charge >= 0.3 is 12.1 Å².